The van der Waals surface area contributed by atoms with Gasteiger partial charge in [-0.05, 0) is 66.6 Å². The van der Waals surface area contributed by atoms with E-state index < -0.39 is 41.0 Å². The highest BCUT2D eigenvalue weighted by Crippen LogP contribution is 2.22. The third-order valence-corrected chi connectivity index (χ3v) is 9.45. The van der Waals surface area contributed by atoms with Gasteiger partial charge in [0.25, 0.3) is 5.09 Å². The third kappa shape index (κ3) is 11.7. The van der Waals surface area contributed by atoms with Crippen molar-refractivity contribution in [2.24, 2.45) is 13.0 Å². The molecule has 2 unspecified atom stereocenters. The van der Waals surface area contributed by atoms with Gasteiger partial charge in [0.1, 0.15) is 30.5 Å². The van der Waals surface area contributed by atoms with Gasteiger partial charge < -0.3 is 35.0 Å². The Bertz CT molecular complexity index is 1940. The predicted molar refractivity (Wildman–Crippen MR) is 204 cm³/mol. The van der Waals surface area contributed by atoms with E-state index in [1.54, 1.807) is 41.4 Å². The Morgan fingerprint density at radius 3 is 2.27 bits per heavy atom. The zero-order valence-electron chi connectivity index (χ0n) is 31.4. The quantitative estimate of drug-likeness (QED) is 0.0634. The molecule has 3 atom stereocenters. The summed E-state index contributed by atoms with van der Waals surface area (Å²) >= 11 is 0. The van der Waals surface area contributed by atoms with Crippen LogP contribution < -0.4 is 20.7 Å². The summed E-state index contributed by atoms with van der Waals surface area (Å²) in [4.78, 5) is 77.0. The number of hydrogen-bond acceptors (Lipinski definition) is 9. The molecule has 2 aromatic heterocycles. The zero-order chi connectivity index (χ0) is 39.3. The number of esters is 1. The average Bonchev–Trinajstić information content (AvgIpc) is 3.30. The van der Waals surface area contributed by atoms with E-state index in [0.29, 0.717) is 30.8 Å². The van der Waals surface area contributed by atoms with Gasteiger partial charge in [-0.1, -0.05) is 63.1 Å². The van der Waals surface area contributed by atoms with Gasteiger partial charge in [-0.25, -0.2) is 9.59 Å². The fourth-order valence-electron chi connectivity index (χ4n) is 6.71. The molecule has 0 saturated carbocycles. The summed E-state index contributed by atoms with van der Waals surface area (Å²) in [5, 5.41) is 19.4. The van der Waals surface area contributed by atoms with E-state index in [2.05, 4.69) is 25.8 Å². The lowest BCUT2D eigenvalue weighted by Crippen LogP contribution is -2.58. The van der Waals surface area contributed by atoms with Gasteiger partial charge in [-0.3, -0.25) is 14.6 Å². The van der Waals surface area contributed by atoms with Gasteiger partial charge in [0.05, 0.1) is 0 Å². The standard InChI is InChI=1S/C40H49N7O8/c1-27(2)21-33(44-40(51)46-19-10-4-5-11-20-46)37(48)42-34(23-29-25-45(3)36-17-7-6-16-32(29)36)38(49)43-35(24-30-14-8-9-18-41-30)39(50)55-31-15-12-13-28(22-31)26-54-47(52)53/h6-9,12-18,22,25,27,33-35H,4-5,10-11,19-21,23-24,26H2,1-3H3,(H,42,48)(H,43,49)(H,44,51)/t33?,34?,35-/m1/s1. The van der Waals surface area contributed by atoms with Crippen molar-refractivity contribution in [3.63, 3.8) is 0 Å². The van der Waals surface area contributed by atoms with Crippen molar-refractivity contribution in [2.75, 3.05) is 13.1 Å². The van der Waals surface area contributed by atoms with Crippen LogP contribution >= 0.6 is 0 Å². The molecule has 0 radical (unpaired) electrons. The highest BCUT2D eigenvalue weighted by atomic mass is 16.9. The molecule has 1 saturated heterocycles. The number of urea groups is 1. The number of ether oxygens (including phenoxy) is 1. The van der Waals surface area contributed by atoms with Crippen LogP contribution in [-0.2, 0) is 45.7 Å². The van der Waals surface area contributed by atoms with E-state index in [9.17, 15) is 29.3 Å². The van der Waals surface area contributed by atoms with Crippen LogP contribution in [0.5, 0.6) is 5.75 Å². The van der Waals surface area contributed by atoms with Gasteiger partial charge in [-0.15, -0.1) is 10.1 Å². The van der Waals surface area contributed by atoms with Gasteiger partial charge in [0, 0.05) is 62.0 Å². The Balaban J connectivity index is 1.41. The number of amides is 4. The van der Waals surface area contributed by atoms with Crippen molar-refractivity contribution < 1.29 is 33.8 Å². The Labute approximate surface area is 319 Å². The summed E-state index contributed by atoms with van der Waals surface area (Å²) in [6.45, 7) is 4.78. The molecule has 3 N–H and O–H groups in total. The summed E-state index contributed by atoms with van der Waals surface area (Å²) < 4.78 is 7.62. The third-order valence-electron chi connectivity index (χ3n) is 9.45. The number of carbonyl (C=O) groups is 4. The molecule has 1 aliphatic heterocycles. The second-order valence-electron chi connectivity index (χ2n) is 14.2. The summed E-state index contributed by atoms with van der Waals surface area (Å²) in [6, 6.07) is 15.3. The molecule has 4 aromatic rings. The molecule has 15 nitrogen and oxygen atoms in total. The summed E-state index contributed by atoms with van der Waals surface area (Å²) in [6.07, 6.45) is 7.74. The summed E-state index contributed by atoms with van der Waals surface area (Å²) in [5.41, 5.74) is 2.63. The second kappa shape index (κ2) is 19.4. The van der Waals surface area contributed by atoms with Crippen molar-refractivity contribution in [3.8, 4) is 5.75 Å². The molecule has 0 spiro atoms. The van der Waals surface area contributed by atoms with Crippen LogP contribution in [0.15, 0.2) is 79.1 Å². The minimum absolute atomic E-state index is 0.0354. The number of rotatable bonds is 16. The molecule has 15 heteroatoms. The van der Waals surface area contributed by atoms with E-state index in [1.165, 1.54) is 12.1 Å². The number of nitrogens with zero attached hydrogens (tertiary/aromatic N) is 4. The van der Waals surface area contributed by atoms with Crippen LogP contribution in [-0.4, -0.2) is 74.6 Å². The fourth-order valence-corrected chi connectivity index (χ4v) is 6.71. The molecule has 4 amide bonds. The number of fused-ring (bicyclic) bond motifs is 1. The van der Waals surface area contributed by atoms with Crippen LogP contribution in [0.2, 0.25) is 0 Å². The molecule has 1 aliphatic rings. The van der Waals surface area contributed by atoms with Gasteiger partial charge in [0.2, 0.25) is 11.8 Å². The number of pyridine rings is 1. The lowest BCUT2D eigenvalue weighted by Gasteiger charge is -2.28. The molecular formula is C40H49N7O8. The fraction of sp³-hybridized carbons (Fsp3) is 0.425. The van der Waals surface area contributed by atoms with Crippen LogP contribution in [0.25, 0.3) is 10.9 Å². The molecule has 5 rings (SSSR count). The number of carbonyl (C=O) groups excluding carboxylic acids is 4. The lowest BCUT2D eigenvalue weighted by molar-refractivity contribution is -0.763. The Hall–Kier alpha value is -5.99. The van der Waals surface area contributed by atoms with Crippen molar-refractivity contribution in [2.45, 2.75) is 83.5 Å². The largest absolute Gasteiger partial charge is 0.425 e. The molecule has 1 fully saturated rings. The summed E-state index contributed by atoms with van der Waals surface area (Å²) in [7, 11) is 1.90. The van der Waals surface area contributed by atoms with Gasteiger partial charge in [0.15, 0.2) is 0 Å². The highest BCUT2D eigenvalue weighted by Gasteiger charge is 2.33. The lowest BCUT2D eigenvalue weighted by atomic mass is 10.0. The SMILES string of the molecule is CC(C)CC(NC(=O)N1CCCCCC1)C(=O)NC(Cc1cn(C)c2ccccc12)C(=O)N[C@H](Cc1ccccn1)C(=O)Oc1cccc(CO[N+](=O)[O-])c1. The van der Waals surface area contributed by atoms with Crippen molar-refractivity contribution in [3.05, 3.63) is 106 Å². The molecule has 0 aliphatic carbocycles. The first-order valence-electron chi connectivity index (χ1n) is 18.6. The molecule has 292 valence electrons. The molecule has 55 heavy (non-hydrogen) atoms. The highest BCUT2D eigenvalue weighted by molar-refractivity contribution is 5.94. The zero-order valence-corrected chi connectivity index (χ0v) is 31.4. The normalized spacial score (nSPS) is 14.7. The van der Waals surface area contributed by atoms with E-state index in [1.807, 2.05) is 55.9 Å². The number of aromatic nitrogens is 2. The number of benzene rings is 2. The van der Waals surface area contributed by atoms with Crippen molar-refractivity contribution in [1.29, 1.82) is 0 Å². The second-order valence-corrected chi connectivity index (χ2v) is 14.2. The number of likely N-dealkylation sites (tertiary alicyclic amines) is 1. The summed E-state index contributed by atoms with van der Waals surface area (Å²) in [5.74, 6) is -1.84. The number of hydrogen-bond donors (Lipinski definition) is 3. The molecule has 3 heterocycles. The molecule has 2 aromatic carbocycles. The van der Waals surface area contributed by atoms with Crippen LogP contribution in [0.3, 0.4) is 0 Å². The number of nitrogens with one attached hydrogen (secondary N) is 3. The first kappa shape index (κ1) is 40.2. The Kier molecular flexibility index (Phi) is 14.2. The maximum Gasteiger partial charge on any atom is 0.334 e. The first-order chi connectivity index (χ1) is 26.5. The molecule has 0 bridgehead atoms. The monoisotopic (exact) mass is 755 g/mol. The minimum Gasteiger partial charge on any atom is -0.425 e. The maximum atomic E-state index is 14.4. The van der Waals surface area contributed by atoms with Gasteiger partial charge >= 0.3 is 12.0 Å². The topological polar surface area (TPSA) is 187 Å². The van der Waals surface area contributed by atoms with Gasteiger partial charge in [-0.2, -0.15) is 0 Å². The van der Waals surface area contributed by atoms with E-state index >= 15 is 0 Å². The van der Waals surface area contributed by atoms with Crippen LogP contribution in [0, 0.1) is 16.0 Å². The van der Waals surface area contributed by atoms with E-state index in [-0.39, 0.29) is 37.1 Å². The van der Waals surface area contributed by atoms with Crippen LogP contribution in [0.1, 0.15) is 62.8 Å². The smallest absolute Gasteiger partial charge is 0.334 e. The van der Waals surface area contributed by atoms with E-state index in [4.69, 9.17) is 4.74 Å². The van der Waals surface area contributed by atoms with Crippen molar-refractivity contribution >= 4 is 34.7 Å². The predicted octanol–water partition coefficient (Wildman–Crippen LogP) is 4.64. The van der Waals surface area contributed by atoms with E-state index in [0.717, 1.165) is 42.1 Å². The average molecular weight is 756 g/mol. The Morgan fingerprint density at radius 2 is 1.56 bits per heavy atom. The number of para-hydroxylation sites is 1. The molecular weight excluding hydrogens is 706 g/mol. The maximum absolute atomic E-state index is 14.4. The van der Waals surface area contributed by atoms with Crippen molar-refractivity contribution in [1.82, 2.24) is 30.4 Å². The van der Waals surface area contributed by atoms with Crippen LogP contribution in [0.4, 0.5) is 4.79 Å². The Morgan fingerprint density at radius 1 is 0.855 bits per heavy atom. The minimum atomic E-state index is -1.25. The number of aryl methyl sites for hydroxylation is 1. The first-order valence-corrected chi connectivity index (χ1v) is 18.6.